The number of hydrogen-bond acceptors (Lipinski definition) is 3. The van der Waals surface area contributed by atoms with E-state index in [9.17, 15) is 9.59 Å². The molecule has 5 nitrogen and oxygen atoms in total. The van der Waals surface area contributed by atoms with Crippen LogP contribution in [-0.4, -0.2) is 22.2 Å². The van der Waals surface area contributed by atoms with Crippen molar-refractivity contribution in [1.82, 2.24) is 4.98 Å². The normalized spacial score (nSPS) is 10.6. The van der Waals surface area contributed by atoms with Gasteiger partial charge in [-0.1, -0.05) is 18.2 Å². The number of pyridine rings is 1. The Morgan fingerprint density at radius 3 is 2.67 bits per heavy atom. The maximum atomic E-state index is 11.9. The molecule has 0 spiro atoms. The molecule has 0 unspecified atom stereocenters. The number of carbonyl (C=O) groups is 1. The smallest absolute Gasteiger partial charge is 0.308 e. The van der Waals surface area contributed by atoms with Crippen LogP contribution in [0.1, 0.15) is 19.4 Å². The van der Waals surface area contributed by atoms with Gasteiger partial charge >= 0.3 is 5.97 Å². The highest BCUT2D eigenvalue weighted by molar-refractivity contribution is 5.70. The number of hydrogen-bond donors (Lipinski definition) is 2. The standard InChI is InChI=1S/C16H17NO4/c1-10(2)21-13-5-3-4-11(8-13)14-7-6-12(9-15(18)19)16(20)17-14/h3-8,10H,9H2,1-2H3,(H,17,20)(H,18,19). The van der Waals surface area contributed by atoms with Crippen molar-refractivity contribution in [2.24, 2.45) is 0 Å². The SMILES string of the molecule is CC(C)Oc1cccc(-c2ccc(CC(=O)O)c(=O)[nH]2)c1. The van der Waals surface area contributed by atoms with Gasteiger partial charge in [0.1, 0.15) is 5.75 Å². The molecule has 0 radical (unpaired) electrons. The lowest BCUT2D eigenvalue weighted by Gasteiger charge is -2.11. The molecule has 1 aromatic heterocycles. The highest BCUT2D eigenvalue weighted by Gasteiger charge is 2.08. The monoisotopic (exact) mass is 287 g/mol. The lowest BCUT2D eigenvalue weighted by molar-refractivity contribution is -0.136. The molecule has 21 heavy (non-hydrogen) atoms. The van der Waals surface area contributed by atoms with Crippen molar-refractivity contribution in [2.45, 2.75) is 26.4 Å². The number of carboxylic acids is 1. The molecule has 2 N–H and O–H groups in total. The fourth-order valence-corrected chi connectivity index (χ4v) is 1.98. The van der Waals surface area contributed by atoms with Crippen LogP contribution >= 0.6 is 0 Å². The molecule has 0 atom stereocenters. The van der Waals surface area contributed by atoms with Gasteiger partial charge < -0.3 is 14.8 Å². The quantitative estimate of drug-likeness (QED) is 0.885. The van der Waals surface area contributed by atoms with Gasteiger partial charge in [-0.15, -0.1) is 0 Å². The first-order chi connectivity index (χ1) is 9.95. The Labute approximate surface area is 122 Å². The number of ether oxygens (including phenoxy) is 1. The average Bonchev–Trinajstić information content (AvgIpc) is 2.40. The van der Waals surface area contributed by atoms with Crippen molar-refractivity contribution < 1.29 is 14.6 Å². The van der Waals surface area contributed by atoms with E-state index in [-0.39, 0.29) is 23.6 Å². The van der Waals surface area contributed by atoms with E-state index in [1.807, 2.05) is 38.1 Å². The van der Waals surface area contributed by atoms with Gasteiger partial charge in [-0.2, -0.15) is 0 Å². The van der Waals surface area contributed by atoms with Gasteiger partial charge in [-0.25, -0.2) is 0 Å². The Morgan fingerprint density at radius 1 is 1.29 bits per heavy atom. The summed E-state index contributed by atoms with van der Waals surface area (Å²) in [5, 5.41) is 8.73. The summed E-state index contributed by atoms with van der Waals surface area (Å²) in [6.07, 6.45) is -0.219. The largest absolute Gasteiger partial charge is 0.491 e. The maximum Gasteiger partial charge on any atom is 0.308 e. The van der Waals surface area contributed by atoms with Crippen LogP contribution in [0.3, 0.4) is 0 Å². The van der Waals surface area contributed by atoms with Crippen LogP contribution in [0.2, 0.25) is 0 Å². The van der Waals surface area contributed by atoms with E-state index in [1.165, 1.54) is 6.07 Å². The maximum absolute atomic E-state index is 11.9. The third-order valence-corrected chi connectivity index (χ3v) is 2.85. The zero-order valence-electron chi connectivity index (χ0n) is 11.9. The van der Waals surface area contributed by atoms with Crippen molar-refractivity contribution in [3.05, 3.63) is 52.3 Å². The number of aliphatic carboxylic acids is 1. The average molecular weight is 287 g/mol. The summed E-state index contributed by atoms with van der Waals surface area (Å²) in [7, 11) is 0. The second-order valence-corrected chi connectivity index (χ2v) is 4.99. The highest BCUT2D eigenvalue weighted by Crippen LogP contribution is 2.22. The summed E-state index contributed by atoms with van der Waals surface area (Å²) in [4.78, 5) is 25.2. The fraction of sp³-hybridized carbons (Fsp3) is 0.250. The first-order valence-corrected chi connectivity index (χ1v) is 6.67. The summed E-state index contributed by atoms with van der Waals surface area (Å²) in [6.45, 7) is 3.88. The zero-order chi connectivity index (χ0) is 15.4. The van der Waals surface area contributed by atoms with Gasteiger partial charge in [0.15, 0.2) is 0 Å². The lowest BCUT2D eigenvalue weighted by Crippen LogP contribution is -2.16. The Kier molecular flexibility index (Phi) is 4.42. The molecule has 0 aliphatic carbocycles. The molecule has 0 saturated heterocycles. The van der Waals surface area contributed by atoms with E-state index in [0.29, 0.717) is 5.69 Å². The van der Waals surface area contributed by atoms with Gasteiger partial charge in [0, 0.05) is 16.8 Å². The molecule has 2 rings (SSSR count). The molecule has 110 valence electrons. The fourth-order valence-electron chi connectivity index (χ4n) is 1.98. The molecular formula is C16H17NO4. The Hall–Kier alpha value is -2.56. The topological polar surface area (TPSA) is 79.4 Å². The summed E-state index contributed by atoms with van der Waals surface area (Å²) in [6, 6.07) is 10.6. The van der Waals surface area contributed by atoms with E-state index < -0.39 is 5.97 Å². The third kappa shape index (κ3) is 3.95. The van der Waals surface area contributed by atoms with Crippen molar-refractivity contribution in [3.63, 3.8) is 0 Å². The molecule has 0 bridgehead atoms. The summed E-state index contributed by atoms with van der Waals surface area (Å²) >= 11 is 0. The number of aromatic nitrogens is 1. The number of benzene rings is 1. The van der Waals surface area contributed by atoms with Gasteiger partial charge in [0.25, 0.3) is 5.56 Å². The van der Waals surface area contributed by atoms with E-state index in [4.69, 9.17) is 9.84 Å². The summed E-state index contributed by atoms with van der Waals surface area (Å²) in [5.74, 6) is -0.307. The van der Waals surface area contributed by atoms with E-state index in [0.717, 1.165) is 11.3 Å². The number of H-pyrrole nitrogens is 1. The van der Waals surface area contributed by atoms with Crippen molar-refractivity contribution in [2.75, 3.05) is 0 Å². The van der Waals surface area contributed by atoms with Crippen LogP contribution in [0, 0.1) is 0 Å². The predicted molar refractivity (Wildman–Crippen MR) is 79.6 cm³/mol. The first kappa shape index (κ1) is 14.8. The van der Waals surface area contributed by atoms with Gasteiger partial charge in [-0.3, -0.25) is 9.59 Å². The minimum atomic E-state index is -1.03. The number of carboxylic acid groups (broad SMARTS) is 1. The van der Waals surface area contributed by atoms with Crippen LogP contribution in [0.25, 0.3) is 11.3 Å². The van der Waals surface area contributed by atoms with E-state index in [2.05, 4.69) is 4.98 Å². The number of nitrogens with one attached hydrogen (secondary N) is 1. The molecular weight excluding hydrogens is 270 g/mol. The predicted octanol–water partition coefficient (Wildman–Crippen LogP) is 2.46. The lowest BCUT2D eigenvalue weighted by atomic mass is 10.1. The van der Waals surface area contributed by atoms with Gasteiger partial charge in [-0.05, 0) is 32.0 Å². The second-order valence-electron chi connectivity index (χ2n) is 4.99. The Bertz CT molecular complexity index is 703. The molecule has 0 saturated carbocycles. The molecule has 0 fully saturated rings. The van der Waals surface area contributed by atoms with Crippen LogP contribution in [0.4, 0.5) is 0 Å². The molecule has 0 aliphatic heterocycles. The van der Waals surface area contributed by atoms with Crippen LogP contribution in [0.5, 0.6) is 5.75 Å². The molecule has 1 aromatic carbocycles. The van der Waals surface area contributed by atoms with E-state index in [1.54, 1.807) is 6.07 Å². The number of aromatic amines is 1. The Balaban J connectivity index is 2.32. The van der Waals surface area contributed by atoms with Crippen molar-refractivity contribution in [1.29, 1.82) is 0 Å². The molecule has 2 aromatic rings. The molecule has 0 aliphatic rings. The first-order valence-electron chi connectivity index (χ1n) is 6.67. The Morgan fingerprint density at radius 2 is 2.05 bits per heavy atom. The van der Waals surface area contributed by atoms with Gasteiger partial charge in [0.2, 0.25) is 0 Å². The third-order valence-electron chi connectivity index (χ3n) is 2.85. The summed E-state index contributed by atoms with van der Waals surface area (Å²) < 4.78 is 5.61. The minimum absolute atomic E-state index is 0.0669. The van der Waals surface area contributed by atoms with Crippen LogP contribution < -0.4 is 10.3 Å². The number of rotatable bonds is 5. The van der Waals surface area contributed by atoms with Crippen LogP contribution in [0.15, 0.2) is 41.2 Å². The van der Waals surface area contributed by atoms with Crippen molar-refractivity contribution >= 4 is 5.97 Å². The van der Waals surface area contributed by atoms with Gasteiger partial charge in [0.05, 0.1) is 12.5 Å². The molecule has 0 amide bonds. The summed E-state index contributed by atoms with van der Waals surface area (Å²) in [5.41, 5.74) is 1.29. The highest BCUT2D eigenvalue weighted by atomic mass is 16.5. The second kappa shape index (κ2) is 6.26. The molecule has 1 heterocycles. The van der Waals surface area contributed by atoms with Crippen LogP contribution in [-0.2, 0) is 11.2 Å². The zero-order valence-corrected chi connectivity index (χ0v) is 11.9. The van der Waals surface area contributed by atoms with Crippen molar-refractivity contribution in [3.8, 4) is 17.0 Å². The minimum Gasteiger partial charge on any atom is -0.491 e. The molecule has 5 heteroatoms. The van der Waals surface area contributed by atoms with E-state index >= 15 is 0 Å².